The molecule has 0 radical (unpaired) electrons. The molecule has 3 atom stereocenters. The van der Waals surface area contributed by atoms with Gasteiger partial charge in [-0.3, -0.25) is 19.6 Å². The number of nitriles is 1. The average Bonchev–Trinajstić information content (AvgIpc) is 3.80. The van der Waals surface area contributed by atoms with E-state index in [1.54, 1.807) is 18.3 Å². The lowest BCUT2D eigenvalue weighted by Crippen LogP contribution is -2.48. The third-order valence-corrected chi connectivity index (χ3v) is 10.7. The summed E-state index contributed by atoms with van der Waals surface area (Å²) in [5.41, 5.74) is 2.01. The maximum Gasteiger partial charge on any atom is 0.318 e. The van der Waals surface area contributed by atoms with Crippen LogP contribution in [0.15, 0.2) is 36.5 Å². The van der Waals surface area contributed by atoms with Gasteiger partial charge in [0.15, 0.2) is 5.82 Å². The molecule has 284 valence electrons. The minimum absolute atomic E-state index is 0.0126. The Morgan fingerprint density at radius 2 is 1.91 bits per heavy atom. The van der Waals surface area contributed by atoms with Crippen LogP contribution in [-0.2, 0) is 9.53 Å². The van der Waals surface area contributed by atoms with Crippen molar-refractivity contribution in [2.45, 2.75) is 70.2 Å². The van der Waals surface area contributed by atoms with E-state index in [1.807, 2.05) is 34.1 Å². The van der Waals surface area contributed by atoms with E-state index in [2.05, 4.69) is 31.7 Å². The van der Waals surface area contributed by atoms with Crippen LogP contribution in [0.25, 0.3) is 22.2 Å². The molecule has 1 aromatic carbocycles. The van der Waals surface area contributed by atoms with E-state index in [1.165, 1.54) is 26.9 Å². The van der Waals surface area contributed by atoms with Crippen molar-refractivity contribution in [1.29, 1.82) is 5.26 Å². The van der Waals surface area contributed by atoms with Crippen molar-refractivity contribution >= 4 is 34.2 Å². The van der Waals surface area contributed by atoms with Gasteiger partial charge in [-0.15, -0.1) is 0 Å². The van der Waals surface area contributed by atoms with Crippen molar-refractivity contribution < 1.29 is 23.0 Å². The van der Waals surface area contributed by atoms with Crippen LogP contribution in [0.5, 0.6) is 6.01 Å². The van der Waals surface area contributed by atoms with Crippen LogP contribution in [0, 0.1) is 17.1 Å². The van der Waals surface area contributed by atoms with Crippen LogP contribution in [0.1, 0.15) is 57.4 Å². The first-order chi connectivity index (χ1) is 25.7. The maximum absolute atomic E-state index is 16.1. The zero-order valence-corrected chi connectivity index (χ0v) is 31.6. The highest BCUT2D eigenvalue weighted by molar-refractivity contribution is 6.32. The summed E-state index contributed by atoms with van der Waals surface area (Å²) >= 11 is 6.52. The zero-order chi connectivity index (χ0) is 37.5. The van der Waals surface area contributed by atoms with Crippen molar-refractivity contribution in [3.05, 3.63) is 53.0 Å². The fourth-order valence-corrected chi connectivity index (χ4v) is 8.03. The average molecular weight is 751 g/mol. The minimum atomic E-state index is -0.526. The summed E-state index contributed by atoms with van der Waals surface area (Å²) in [7, 11) is 1.47. The second kappa shape index (κ2) is 17.9. The fraction of sp³-hybridized carbons (Fsp3) is 0.564. The number of amides is 1. The first-order valence-corrected chi connectivity index (χ1v) is 19.0. The molecule has 2 aromatic heterocycles. The van der Waals surface area contributed by atoms with E-state index in [-0.39, 0.29) is 29.2 Å². The number of methoxy groups -OCH3 is 1. The molecule has 53 heavy (non-hydrogen) atoms. The molecule has 1 saturated carbocycles. The van der Waals surface area contributed by atoms with Gasteiger partial charge in [-0.1, -0.05) is 29.8 Å². The van der Waals surface area contributed by atoms with E-state index in [9.17, 15) is 9.18 Å². The minimum Gasteiger partial charge on any atom is -0.467 e. The van der Waals surface area contributed by atoms with E-state index < -0.39 is 12.0 Å². The first-order valence-electron chi connectivity index (χ1n) is 18.6. The summed E-state index contributed by atoms with van der Waals surface area (Å²) in [6, 6.07) is 7.96. The number of rotatable bonds is 7. The number of alkyl halides is 1. The van der Waals surface area contributed by atoms with Crippen LogP contribution in [-0.4, -0.2) is 126 Å². The number of hydrogen-bond acceptors (Lipinski definition) is 10. The predicted molar refractivity (Wildman–Crippen MR) is 201 cm³/mol. The van der Waals surface area contributed by atoms with Gasteiger partial charge in [0.05, 0.1) is 31.3 Å². The number of benzene rings is 1. The number of nitrogens with zero attached hydrogens (tertiary/aromatic N) is 8. The third-order valence-electron chi connectivity index (χ3n) is 10.4. The lowest BCUT2D eigenvalue weighted by molar-refractivity contribution is -0.126. The van der Waals surface area contributed by atoms with Gasteiger partial charge in [0, 0.05) is 88.2 Å². The molecule has 3 unspecified atom stereocenters. The van der Waals surface area contributed by atoms with Crippen molar-refractivity contribution in [3.63, 3.8) is 0 Å². The molecule has 8 rings (SSSR count). The lowest BCUT2D eigenvalue weighted by atomic mass is 9.99. The summed E-state index contributed by atoms with van der Waals surface area (Å²) < 4.78 is 39.7. The highest BCUT2D eigenvalue weighted by Gasteiger charge is 2.35. The summed E-state index contributed by atoms with van der Waals surface area (Å²) in [5, 5.41) is 8.45. The molecular formula is C39H49ClF2N8O3. The SMILES string of the molecule is CC#N.COc1nc(N2CCN(C(=O)/C=C/CN3CCOC(C)C3)CC2)c2cnc(-c3cccc(Cl)c3C3CC3)c(F)c2n1.FC1CC2CCCN2C1. The molecule has 5 fully saturated rings. The Labute approximate surface area is 315 Å². The van der Waals surface area contributed by atoms with Crippen LogP contribution >= 0.6 is 11.6 Å². The molecule has 11 nitrogen and oxygen atoms in total. The largest absolute Gasteiger partial charge is 0.467 e. The second-order valence-electron chi connectivity index (χ2n) is 14.2. The number of carbonyl (C=O) groups is 1. The number of halogens is 3. The molecule has 1 aliphatic carbocycles. The number of pyridine rings is 1. The van der Waals surface area contributed by atoms with Gasteiger partial charge in [-0.2, -0.15) is 15.2 Å². The van der Waals surface area contributed by atoms with Crippen LogP contribution in [0.3, 0.4) is 0 Å². The number of ether oxygens (including phenoxy) is 2. The molecule has 3 aromatic rings. The number of anilines is 1. The quantitative estimate of drug-likeness (QED) is 0.266. The zero-order valence-electron chi connectivity index (χ0n) is 30.8. The molecular weight excluding hydrogens is 702 g/mol. The molecule has 14 heteroatoms. The van der Waals surface area contributed by atoms with Gasteiger partial charge in [-0.25, -0.2) is 8.78 Å². The normalized spacial score (nSPS) is 23.2. The fourth-order valence-electron chi connectivity index (χ4n) is 7.70. The van der Waals surface area contributed by atoms with Crippen LogP contribution < -0.4 is 9.64 Å². The molecule has 4 aliphatic heterocycles. The Kier molecular flexibility index (Phi) is 13.1. The predicted octanol–water partition coefficient (Wildman–Crippen LogP) is 6.02. The van der Waals surface area contributed by atoms with Gasteiger partial charge in [0.1, 0.15) is 23.2 Å². The van der Waals surface area contributed by atoms with Crippen molar-refractivity contribution in [1.82, 2.24) is 29.7 Å². The topological polar surface area (TPSA) is 111 Å². The monoisotopic (exact) mass is 750 g/mol. The third kappa shape index (κ3) is 9.41. The lowest BCUT2D eigenvalue weighted by Gasteiger charge is -2.35. The number of carbonyl (C=O) groups excluding carboxylic acids is 1. The smallest absolute Gasteiger partial charge is 0.318 e. The highest BCUT2D eigenvalue weighted by atomic mass is 35.5. The van der Waals surface area contributed by atoms with E-state index >= 15 is 4.39 Å². The standard InChI is InChI=1S/C30H34ClFN6O3.C7H12FN.C2H3N/c1-19-18-36(15-16-41-19)10-4-7-24(39)37-11-13-38(14-12-37)29-22-17-33-27(26(32)28(22)34-30(35-29)40-2)21-5-3-6-23(31)25(21)20-8-9-20;8-6-4-7-2-1-3-9(7)5-6;1-2-3/h3-7,17,19-20H,8-16,18H2,1-2H3;6-7H,1-5H2;1H3/b7-4+;;. The van der Waals surface area contributed by atoms with Crippen LogP contribution in [0.2, 0.25) is 5.02 Å². The Hall–Kier alpha value is -3.96. The number of hydrogen-bond donors (Lipinski definition) is 0. The van der Waals surface area contributed by atoms with Crippen molar-refractivity contribution in [2.75, 3.05) is 77.5 Å². The summed E-state index contributed by atoms with van der Waals surface area (Å²) in [6.45, 7) is 10.7. The van der Waals surface area contributed by atoms with Gasteiger partial charge in [-0.05, 0) is 63.1 Å². The number of piperazine rings is 1. The molecule has 0 bridgehead atoms. The van der Waals surface area contributed by atoms with E-state index in [0.717, 1.165) is 57.6 Å². The van der Waals surface area contributed by atoms with E-state index in [4.69, 9.17) is 26.3 Å². The van der Waals surface area contributed by atoms with Gasteiger partial charge in [0.25, 0.3) is 0 Å². The molecule has 1 amide bonds. The summed E-state index contributed by atoms with van der Waals surface area (Å²) in [4.78, 5) is 34.8. The first kappa shape index (κ1) is 38.8. The molecule has 4 saturated heterocycles. The maximum atomic E-state index is 16.1. The van der Waals surface area contributed by atoms with Gasteiger partial charge >= 0.3 is 6.01 Å². The number of aromatic nitrogens is 3. The number of fused-ring (bicyclic) bond motifs is 2. The van der Waals surface area contributed by atoms with E-state index in [0.29, 0.717) is 66.5 Å². The van der Waals surface area contributed by atoms with Crippen molar-refractivity contribution in [3.8, 4) is 23.3 Å². The Balaban J connectivity index is 0.000000340. The Bertz CT molecular complexity index is 1800. The van der Waals surface area contributed by atoms with Gasteiger partial charge in [0.2, 0.25) is 5.91 Å². The second-order valence-corrected chi connectivity index (χ2v) is 14.6. The highest BCUT2D eigenvalue weighted by Crippen LogP contribution is 2.48. The molecule has 0 spiro atoms. The van der Waals surface area contributed by atoms with Crippen molar-refractivity contribution in [2.24, 2.45) is 0 Å². The summed E-state index contributed by atoms with van der Waals surface area (Å²) in [5.74, 6) is 0.328. The Morgan fingerprint density at radius 1 is 1.13 bits per heavy atom. The molecule has 6 heterocycles. The molecule has 5 aliphatic rings. The molecule has 0 N–H and O–H groups in total. The number of morpholine rings is 1. The van der Waals surface area contributed by atoms with Crippen LogP contribution in [0.4, 0.5) is 14.6 Å². The summed E-state index contributed by atoms with van der Waals surface area (Å²) in [6.07, 6.45) is 10.3. The van der Waals surface area contributed by atoms with Gasteiger partial charge < -0.3 is 19.3 Å². The Morgan fingerprint density at radius 3 is 2.60 bits per heavy atom.